The predicted molar refractivity (Wildman–Crippen MR) is 109 cm³/mol. The number of hydrazone groups is 1. The van der Waals surface area contributed by atoms with Crippen LogP contribution >= 0.6 is 11.3 Å². The fourth-order valence-electron chi connectivity index (χ4n) is 3.67. The Labute approximate surface area is 169 Å². The van der Waals surface area contributed by atoms with E-state index in [-0.39, 0.29) is 29.5 Å². The molecule has 0 fully saturated rings. The standard InChI is InChI=1S/C20H19FN4O3S/c1-8-6-12(18-13(26)5-4-11(21)16(8)18)24-25-15(27)7-14-22-19(28)17-9(2)10(3)29-20(17)23-14/h4-5,8,26H,6-7H2,1-3H3,(H,25,27)(H,22,23,28)/b24-12+/t8-/m0/s1. The average molecular weight is 414 g/mol. The number of hydrogen-bond donors (Lipinski definition) is 3. The number of nitrogens with zero attached hydrogens (tertiary/aromatic N) is 2. The molecule has 1 aliphatic carbocycles. The van der Waals surface area contributed by atoms with Gasteiger partial charge in [0.2, 0.25) is 5.91 Å². The van der Waals surface area contributed by atoms with Crippen molar-refractivity contribution in [2.45, 2.75) is 39.5 Å². The van der Waals surface area contributed by atoms with E-state index in [1.807, 2.05) is 20.8 Å². The molecule has 2 heterocycles. The molecule has 0 bridgehead atoms. The minimum Gasteiger partial charge on any atom is -0.507 e. The number of carbonyl (C=O) groups excluding carboxylic acids is 1. The number of phenolic OH excluding ortho intramolecular Hbond substituents is 1. The third-order valence-corrected chi connectivity index (χ3v) is 6.28. The van der Waals surface area contributed by atoms with Gasteiger partial charge in [-0.15, -0.1) is 11.3 Å². The van der Waals surface area contributed by atoms with Crippen LogP contribution in [-0.4, -0.2) is 26.7 Å². The van der Waals surface area contributed by atoms with E-state index in [0.29, 0.717) is 33.5 Å². The summed E-state index contributed by atoms with van der Waals surface area (Å²) in [4.78, 5) is 33.3. The summed E-state index contributed by atoms with van der Waals surface area (Å²) < 4.78 is 14.1. The molecule has 7 nitrogen and oxygen atoms in total. The summed E-state index contributed by atoms with van der Waals surface area (Å²) in [6.45, 7) is 5.62. The first-order chi connectivity index (χ1) is 13.8. The van der Waals surface area contributed by atoms with Crippen molar-refractivity contribution in [2.24, 2.45) is 5.10 Å². The SMILES string of the molecule is Cc1sc2nc(CC(=O)N/N=C3\C[C@H](C)c4c(F)ccc(O)c43)[nH]c(=O)c2c1C. The summed E-state index contributed by atoms with van der Waals surface area (Å²) in [5, 5.41) is 14.7. The number of fused-ring (bicyclic) bond motifs is 2. The number of rotatable bonds is 3. The van der Waals surface area contributed by atoms with Crippen molar-refractivity contribution in [3.05, 3.63) is 55.7 Å². The minimum atomic E-state index is -0.470. The first-order valence-electron chi connectivity index (χ1n) is 9.12. The number of amides is 1. The molecular weight excluding hydrogens is 395 g/mol. The molecule has 9 heteroatoms. The lowest BCUT2D eigenvalue weighted by molar-refractivity contribution is -0.120. The lowest BCUT2D eigenvalue weighted by atomic mass is 10.0. The number of aromatic amines is 1. The van der Waals surface area contributed by atoms with Crippen LogP contribution in [0.1, 0.15) is 46.7 Å². The Hall–Kier alpha value is -3.07. The van der Waals surface area contributed by atoms with Crippen LogP contribution in [0.25, 0.3) is 10.2 Å². The second-order valence-electron chi connectivity index (χ2n) is 7.21. The van der Waals surface area contributed by atoms with E-state index >= 15 is 0 Å². The molecule has 0 aliphatic heterocycles. The Morgan fingerprint density at radius 3 is 2.97 bits per heavy atom. The largest absolute Gasteiger partial charge is 0.507 e. The molecule has 0 radical (unpaired) electrons. The minimum absolute atomic E-state index is 0.0707. The van der Waals surface area contributed by atoms with Gasteiger partial charge in [-0.25, -0.2) is 14.8 Å². The van der Waals surface area contributed by atoms with Gasteiger partial charge in [-0.3, -0.25) is 9.59 Å². The highest BCUT2D eigenvalue weighted by Gasteiger charge is 2.30. The fraction of sp³-hybridized carbons (Fsp3) is 0.300. The van der Waals surface area contributed by atoms with Gasteiger partial charge in [0.15, 0.2) is 0 Å². The summed E-state index contributed by atoms with van der Waals surface area (Å²) >= 11 is 1.41. The second kappa shape index (κ2) is 7.07. The number of benzene rings is 1. The molecular formula is C20H19FN4O3S. The zero-order valence-corrected chi connectivity index (χ0v) is 16.9. The number of hydrogen-bond acceptors (Lipinski definition) is 6. The van der Waals surface area contributed by atoms with E-state index in [9.17, 15) is 19.1 Å². The molecule has 3 N–H and O–H groups in total. The van der Waals surface area contributed by atoms with Gasteiger partial charge in [-0.05, 0) is 43.9 Å². The summed E-state index contributed by atoms with van der Waals surface area (Å²) in [5.74, 6) is -0.854. The zero-order chi connectivity index (χ0) is 20.9. The van der Waals surface area contributed by atoms with E-state index in [0.717, 1.165) is 10.4 Å². The van der Waals surface area contributed by atoms with E-state index in [2.05, 4.69) is 20.5 Å². The summed E-state index contributed by atoms with van der Waals surface area (Å²) in [6.07, 6.45) is 0.244. The third-order valence-electron chi connectivity index (χ3n) is 5.18. The number of phenols is 1. The van der Waals surface area contributed by atoms with Gasteiger partial charge in [0.05, 0.1) is 17.5 Å². The molecule has 29 heavy (non-hydrogen) atoms. The van der Waals surface area contributed by atoms with Gasteiger partial charge in [-0.1, -0.05) is 6.92 Å². The van der Waals surface area contributed by atoms with E-state index in [1.165, 1.54) is 23.5 Å². The maximum Gasteiger partial charge on any atom is 0.259 e. The van der Waals surface area contributed by atoms with Crippen LogP contribution in [0.15, 0.2) is 22.0 Å². The van der Waals surface area contributed by atoms with E-state index < -0.39 is 11.7 Å². The van der Waals surface area contributed by atoms with E-state index in [1.54, 1.807) is 0 Å². The molecule has 1 aliphatic rings. The normalized spacial score (nSPS) is 17.1. The zero-order valence-electron chi connectivity index (χ0n) is 16.1. The van der Waals surface area contributed by atoms with Gasteiger partial charge in [0, 0.05) is 16.0 Å². The Balaban J connectivity index is 1.56. The van der Waals surface area contributed by atoms with E-state index in [4.69, 9.17) is 0 Å². The molecule has 1 amide bonds. The molecule has 0 saturated carbocycles. The number of aromatic hydroxyl groups is 1. The van der Waals surface area contributed by atoms with Crippen molar-refractivity contribution in [2.75, 3.05) is 0 Å². The Kier molecular flexibility index (Phi) is 4.70. The van der Waals surface area contributed by atoms with Gasteiger partial charge in [-0.2, -0.15) is 5.10 Å². The maximum absolute atomic E-state index is 14.1. The van der Waals surface area contributed by atoms with Gasteiger partial charge in [0.1, 0.15) is 22.2 Å². The van der Waals surface area contributed by atoms with Crippen LogP contribution in [0, 0.1) is 19.7 Å². The molecule has 1 atom stereocenters. The number of halogens is 1. The smallest absolute Gasteiger partial charge is 0.259 e. The lowest BCUT2D eigenvalue weighted by Gasteiger charge is -2.06. The van der Waals surface area contributed by atoms with Gasteiger partial charge >= 0.3 is 0 Å². The van der Waals surface area contributed by atoms with Crippen LogP contribution in [0.4, 0.5) is 4.39 Å². The lowest BCUT2D eigenvalue weighted by Crippen LogP contribution is -2.24. The molecule has 1 aromatic carbocycles. The Morgan fingerprint density at radius 1 is 1.45 bits per heavy atom. The van der Waals surface area contributed by atoms with Gasteiger partial charge < -0.3 is 10.1 Å². The monoisotopic (exact) mass is 414 g/mol. The highest BCUT2D eigenvalue weighted by molar-refractivity contribution is 7.18. The number of nitrogens with one attached hydrogen (secondary N) is 2. The predicted octanol–water partition coefficient (Wildman–Crippen LogP) is 3.02. The van der Waals surface area contributed by atoms with Crippen molar-refractivity contribution in [1.82, 2.24) is 15.4 Å². The number of H-pyrrole nitrogens is 1. The molecule has 3 aromatic rings. The van der Waals surface area contributed by atoms with Crippen LogP contribution < -0.4 is 11.0 Å². The van der Waals surface area contributed by atoms with Crippen LogP contribution in [0.5, 0.6) is 5.75 Å². The number of aryl methyl sites for hydroxylation is 2. The highest BCUT2D eigenvalue weighted by Crippen LogP contribution is 2.39. The van der Waals surface area contributed by atoms with Crippen LogP contribution in [0.3, 0.4) is 0 Å². The first-order valence-corrected chi connectivity index (χ1v) is 9.94. The highest BCUT2D eigenvalue weighted by atomic mass is 32.1. The average Bonchev–Trinajstić information content (AvgIpc) is 3.14. The van der Waals surface area contributed by atoms with Crippen LogP contribution in [-0.2, 0) is 11.2 Å². The van der Waals surface area contributed by atoms with Gasteiger partial charge in [0.25, 0.3) is 5.56 Å². The topological polar surface area (TPSA) is 107 Å². The molecule has 150 valence electrons. The molecule has 2 aromatic heterocycles. The van der Waals surface area contributed by atoms with Crippen molar-refractivity contribution in [3.8, 4) is 5.75 Å². The number of aromatic nitrogens is 2. The first kappa shape index (κ1) is 19.3. The molecule has 4 rings (SSSR count). The molecule has 0 spiro atoms. The number of carbonyl (C=O) groups is 1. The third kappa shape index (κ3) is 3.31. The Bertz CT molecular complexity index is 1240. The van der Waals surface area contributed by atoms with Crippen LogP contribution in [0.2, 0.25) is 0 Å². The van der Waals surface area contributed by atoms with Crippen molar-refractivity contribution in [1.29, 1.82) is 0 Å². The van der Waals surface area contributed by atoms with Crippen molar-refractivity contribution in [3.63, 3.8) is 0 Å². The van der Waals surface area contributed by atoms with Crippen molar-refractivity contribution >= 4 is 33.2 Å². The molecule has 0 saturated heterocycles. The molecule has 0 unspecified atom stereocenters. The Morgan fingerprint density at radius 2 is 2.21 bits per heavy atom. The quantitative estimate of drug-likeness (QED) is 0.573. The summed E-state index contributed by atoms with van der Waals surface area (Å²) in [7, 11) is 0. The number of thiophene rings is 1. The van der Waals surface area contributed by atoms with Crippen molar-refractivity contribution < 1.29 is 14.3 Å². The summed E-state index contributed by atoms with van der Waals surface area (Å²) in [5.41, 5.74) is 4.19. The summed E-state index contributed by atoms with van der Waals surface area (Å²) in [6, 6.07) is 2.50. The fourth-order valence-corrected chi connectivity index (χ4v) is 4.72. The maximum atomic E-state index is 14.1. The second-order valence-corrected chi connectivity index (χ2v) is 8.41.